The van der Waals surface area contributed by atoms with Crippen LogP contribution in [0, 0.1) is 5.41 Å². The molecule has 1 saturated heterocycles. The van der Waals surface area contributed by atoms with Crippen LogP contribution in [0.5, 0.6) is 5.75 Å². The Kier molecular flexibility index (Phi) is 4.77. The van der Waals surface area contributed by atoms with Gasteiger partial charge in [0.15, 0.2) is 5.82 Å². The lowest BCUT2D eigenvalue weighted by Crippen LogP contribution is -2.56. The molecule has 0 spiro atoms. The van der Waals surface area contributed by atoms with Gasteiger partial charge in [-0.3, -0.25) is 0 Å². The van der Waals surface area contributed by atoms with E-state index < -0.39 is 0 Å². The van der Waals surface area contributed by atoms with E-state index in [1.807, 2.05) is 36.4 Å². The minimum absolute atomic E-state index is 0.126. The molecule has 146 valence electrons. The van der Waals surface area contributed by atoms with Crippen molar-refractivity contribution in [3.8, 4) is 5.75 Å². The third kappa shape index (κ3) is 4.14. The third-order valence-electron chi connectivity index (χ3n) is 4.49. The van der Waals surface area contributed by atoms with Crippen LogP contribution in [0.15, 0.2) is 42.7 Å². The summed E-state index contributed by atoms with van der Waals surface area (Å²) >= 11 is 0. The molecule has 0 amide bonds. The molecule has 0 bridgehead atoms. The number of rotatable bonds is 5. The molecular weight excluding hydrogens is 352 g/mol. The highest BCUT2D eigenvalue weighted by atomic mass is 16.5. The van der Waals surface area contributed by atoms with E-state index in [-0.39, 0.29) is 11.5 Å². The molecule has 0 radical (unpaired) electrons. The molecule has 28 heavy (non-hydrogen) atoms. The summed E-state index contributed by atoms with van der Waals surface area (Å²) in [5, 5.41) is 3.35. The average Bonchev–Trinajstić information content (AvgIpc) is 2.64. The summed E-state index contributed by atoms with van der Waals surface area (Å²) in [7, 11) is 0. The Hall–Kier alpha value is -2.93. The van der Waals surface area contributed by atoms with E-state index in [0.29, 0.717) is 12.4 Å². The maximum absolute atomic E-state index is 5.89. The van der Waals surface area contributed by atoms with Gasteiger partial charge in [0.1, 0.15) is 23.4 Å². The van der Waals surface area contributed by atoms with Crippen molar-refractivity contribution in [2.24, 2.45) is 11.1 Å². The Balaban J connectivity index is 1.53. The fourth-order valence-corrected chi connectivity index (χ4v) is 2.97. The van der Waals surface area contributed by atoms with Crippen molar-refractivity contribution in [3.63, 3.8) is 0 Å². The van der Waals surface area contributed by atoms with Crippen molar-refractivity contribution in [2.75, 3.05) is 29.9 Å². The van der Waals surface area contributed by atoms with Gasteiger partial charge in [0.05, 0.1) is 12.1 Å². The number of aromatic nitrogens is 3. The predicted molar refractivity (Wildman–Crippen MR) is 112 cm³/mol. The zero-order valence-corrected chi connectivity index (χ0v) is 16.5. The van der Waals surface area contributed by atoms with E-state index in [1.165, 1.54) is 0 Å². The monoisotopic (exact) mass is 378 g/mol. The summed E-state index contributed by atoms with van der Waals surface area (Å²) in [6, 6.07) is 12.0. The van der Waals surface area contributed by atoms with Gasteiger partial charge in [0.25, 0.3) is 0 Å². The van der Waals surface area contributed by atoms with Gasteiger partial charge < -0.3 is 20.7 Å². The standard InChI is InChI=1S/C21H26N6O/c1-21(2,3)12-28-16-6-4-15(5-7-16)25-20-19-17(23-13-24-20)8-9-18(26-19)27-10-14(22)11-27/h4-9,13-14H,10-12,22H2,1-3H3,(H,23,24,25). The van der Waals surface area contributed by atoms with Crippen LogP contribution in [-0.4, -0.2) is 40.7 Å². The first-order valence-electron chi connectivity index (χ1n) is 9.50. The van der Waals surface area contributed by atoms with Crippen LogP contribution in [0.4, 0.5) is 17.3 Å². The molecule has 1 fully saturated rings. The second-order valence-corrected chi connectivity index (χ2v) is 8.42. The summed E-state index contributed by atoms with van der Waals surface area (Å²) in [5.74, 6) is 2.43. The number of ether oxygens (including phenoxy) is 1. The summed E-state index contributed by atoms with van der Waals surface area (Å²) in [6.45, 7) is 8.77. The average molecular weight is 378 g/mol. The van der Waals surface area contributed by atoms with Gasteiger partial charge in [0, 0.05) is 24.8 Å². The van der Waals surface area contributed by atoms with Crippen molar-refractivity contribution in [3.05, 3.63) is 42.7 Å². The van der Waals surface area contributed by atoms with Crippen molar-refractivity contribution in [1.82, 2.24) is 15.0 Å². The number of nitrogens with zero attached hydrogens (tertiary/aromatic N) is 4. The molecule has 1 aliphatic rings. The number of hydrogen-bond donors (Lipinski definition) is 2. The smallest absolute Gasteiger partial charge is 0.160 e. The van der Waals surface area contributed by atoms with Crippen molar-refractivity contribution in [1.29, 1.82) is 0 Å². The summed E-state index contributed by atoms with van der Waals surface area (Å²) in [6.07, 6.45) is 1.55. The van der Waals surface area contributed by atoms with Crippen LogP contribution >= 0.6 is 0 Å². The minimum atomic E-state index is 0.126. The number of fused-ring (bicyclic) bond motifs is 1. The van der Waals surface area contributed by atoms with Gasteiger partial charge >= 0.3 is 0 Å². The van der Waals surface area contributed by atoms with Crippen LogP contribution in [0.3, 0.4) is 0 Å². The molecule has 3 heterocycles. The lowest BCUT2D eigenvalue weighted by molar-refractivity contribution is 0.198. The molecular formula is C21H26N6O. The molecule has 3 aromatic rings. The Labute approximate surface area is 165 Å². The summed E-state index contributed by atoms with van der Waals surface area (Å²) < 4.78 is 5.83. The number of benzene rings is 1. The fourth-order valence-electron chi connectivity index (χ4n) is 2.97. The highest BCUT2D eigenvalue weighted by Gasteiger charge is 2.24. The summed E-state index contributed by atoms with van der Waals surface area (Å²) in [5.41, 5.74) is 8.48. The number of nitrogens with one attached hydrogen (secondary N) is 1. The van der Waals surface area contributed by atoms with Crippen LogP contribution in [0.1, 0.15) is 20.8 Å². The molecule has 0 saturated carbocycles. The van der Waals surface area contributed by atoms with E-state index in [0.717, 1.165) is 41.4 Å². The van der Waals surface area contributed by atoms with Crippen LogP contribution in [0.2, 0.25) is 0 Å². The molecule has 1 aromatic carbocycles. The molecule has 4 rings (SSSR count). The molecule has 7 nitrogen and oxygen atoms in total. The largest absolute Gasteiger partial charge is 0.493 e. The maximum Gasteiger partial charge on any atom is 0.160 e. The zero-order valence-electron chi connectivity index (χ0n) is 16.5. The second-order valence-electron chi connectivity index (χ2n) is 8.42. The Morgan fingerprint density at radius 3 is 2.54 bits per heavy atom. The lowest BCUT2D eigenvalue weighted by atomic mass is 9.99. The van der Waals surface area contributed by atoms with Crippen molar-refractivity contribution in [2.45, 2.75) is 26.8 Å². The first-order valence-corrected chi connectivity index (χ1v) is 9.50. The zero-order chi connectivity index (χ0) is 19.7. The number of anilines is 3. The van der Waals surface area contributed by atoms with Crippen LogP contribution in [-0.2, 0) is 0 Å². The van der Waals surface area contributed by atoms with E-state index in [4.69, 9.17) is 15.5 Å². The number of pyridine rings is 1. The molecule has 1 aliphatic heterocycles. The number of hydrogen-bond acceptors (Lipinski definition) is 7. The first kappa shape index (κ1) is 18.4. The van der Waals surface area contributed by atoms with Gasteiger partial charge in [-0.05, 0) is 41.8 Å². The number of nitrogens with two attached hydrogens (primary N) is 1. The van der Waals surface area contributed by atoms with Crippen LogP contribution < -0.4 is 20.7 Å². The Bertz CT molecular complexity index is 961. The maximum atomic E-state index is 5.89. The van der Waals surface area contributed by atoms with Gasteiger partial charge in [-0.1, -0.05) is 20.8 Å². The van der Waals surface area contributed by atoms with E-state index in [2.05, 4.69) is 41.0 Å². The molecule has 0 unspecified atom stereocenters. The molecule has 7 heteroatoms. The normalized spacial score (nSPS) is 14.8. The highest BCUT2D eigenvalue weighted by molar-refractivity contribution is 5.88. The Morgan fingerprint density at radius 2 is 1.86 bits per heavy atom. The quantitative estimate of drug-likeness (QED) is 0.704. The molecule has 3 N–H and O–H groups in total. The third-order valence-corrected chi connectivity index (χ3v) is 4.49. The summed E-state index contributed by atoms with van der Waals surface area (Å²) in [4.78, 5) is 15.6. The molecule has 2 aromatic heterocycles. The van der Waals surface area contributed by atoms with Gasteiger partial charge in [-0.15, -0.1) is 0 Å². The van der Waals surface area contributed by atoms with E-state index in [1.54, 1.807) is 6.33 Å². The lowest BCUT2D eigenvalue weighted by Gasteiger charge is -2.37. The Morgan fingerprint density at radius 1 is 1.11 bits per heavy atom. The van der Waals surface area contributed by atoms with Crippen molar-refractivity contribution < 1.29 is 4.74 Å². The SMILES string of the molecule is CC(C)(C)COc1ccc(Nc2ncnc3ccc(N4CC(N)C4)nc23)cc1. The molecule has 0 atom stereocenters. The topological polar surface area (TPSA) is 89.2 Å². The van der Waals surface area contributed by atoms with Crippen LogP contribution in [0.25, 0.3) is 11.0 Å². The van der Waals surface area contributed by atoms with Gasteiger partial charge in [-0.25, -0.2) is 15.0 Å². The van der Waals surface area contributed by atoms with E-state index in [9.17, 15) is 0 Å². The fraction of sp³-hybridized carbons (Fsp3) is 0.381. The second kappa shape index (κ2) is 7.24. The van der Waals surface area contributed by atoms with Crippen molar-refractivity contribution >= 4 is 28.4 Å². The first-order chi connectivity index (χ1) is 13.4. The minimum Gasteiger partial charge on any atom is -0.493 e. The molecule has 0 aliphatic carbocycles. The van der Waals surface area contributed by atoms with E-state index >= 15 is 0 Å². The predicted octanol–water partition coefficient (Wildman–Crippen LogP) is 3.34. The highest BCUT2D eigenvalue weighted by Crippen LogP contribution is 2.27. The van der Waals surface area contributed by atoms with Gasteiger partial charge in [0.2, 0.25) is 0 Å². The van der Waals surface area contributed by atoms with Gasteiger partial charge in [-0.2, -0.15) is 0 Å².